The van der Waals surface area contributed by atoms with E-state index >= 15 is 0 Å². The van der Waals surface area contributed by atoms with Crippen LogP contribution in [0.15, 0.2) is 47.1 Å². The van der Waals surface area contributed by atoms with Crippen LogP contribution in [-0.2, 0) is 13.1 Å². The molecule has 1 aromatic carbocycles. The number of hydrogen-bond acceptors (Lipinski definition) is 2. The number of amides is 1. The molecule has 18 heavy (non-hydrogen) atoms. The lowest BCUT2D eigenvalue weighted by molar-refractivity contribution is 0.0744. The number of halogens is 1. The molecule has 0 N–H and O–H groups in total. The second kappa shape index (κ2) is 4.53. The number of fused-ring (bicyclic) bond motifs is 1. The summed E-state index contributed by atoms with van der Waals surface area (Å²) in [5.41, 5.74) is 2.92. The van der Waals surface area contributed by atoms with E-state index in [0.717, 1.165) is 4.47 Å². The van der Waals surface area contributed by atoms with Crippen LogP contribution in [0.4, 0.5) is 0 Å². The molecule has 3 nitrogen and oxygen atoms in total. The van der Waals surface area contributed by atoms with Gasteiger partial charge in [-0.2, -0.15) is 0 Å². The van der Waals surface area contributed by atoms with Gasteiger partial charge in [-0.25, -0.2) is 4.98 Å². The smallest absolute Gasteiger partial charge is 0.274 e. The third-order valence-electron chi connectivity index (χ3n) is 3.09. The first-order chi connectivity index (χ1) is 8.75. The molecule has 0 aliphatic carbocycles. The molecule has 0 saturated carbocycles. The van der Waals surface area contributed by atoms with Crippen LogP contribution < -0.4 is 0 Å². The van der Waals surface area contributed by atoms with Crippen LogP contribution >= 0.6 is 15.9 Å². The summed E-state index contributed by atoms with van der Waals surface area (Å²) in [6.45, 7) is 1.33. The molecule has 0 fully saturated rings. The molecule has 0 unspecified atom stereocenters. The Balaban J connectivity index is 1.87. The molecular weight excluding hydrogens is 292 g/mol. The summed E-state index contributed by atoms with van der Waals surface area (Å²) in [5, 5.41) is 0. The molecule has 2 heterocycles. The lowest BCUT2D eigenvalue weighted by Gasteiger charge is -2.15. The molecule has 1 aliphatic heterocycles. The molecule has 0 radical (unpaired) electrons. The summed E-state index contributed by atoms with van der Waals surface area (Å²) >= 11 is 3.37. The van der Waals surface area contributed by atoms with Crippen LogP contribution in [0, 0.1) is 0 Å². The van der Waals surface area contributed by atoms with E-state index in [1.807, 2.05) is 23.1 Å². The maximum atomic E-state index is 12.4. The van der Waals surface area contributed by atoms with E-state index < -0.39 is 0 Å². The van der Waals surface area contributed by atoms with Gasteiger partial charge >= 0.3 is 0 Å². The van der Waals surface area contributed by atoms with Gasteiger partial charge in [0, 0.05) is 23.8 Å². The molecular formula is C14H11BrN2O. The lowest BCUT2D eigenvalue weighted by atomic mass is 10.1. The highest BCUT2D eigenvalue weighted by atomic mass is 79.9. The molecule has 0 saturated heterocycles. The van der Waals surface area contributed by atoms with Gasteiger partial charge < -0.3 is 4.90 Å². The lowest BCUT2D eigenvalue weighted by Crippen LogP contribution is -2.26. The van der Waals surface area contributed by atoms with E-state index in [-0.39, 0.29) is 5.91 Å². The monoisotopic (exact) mass is 302 g/mol. The maximum Gasteiger partial charge on any atom is 0.274 e. The number of benzene rings is 1. The number of hydrogen-bond donors (Lipinski definition) is 0. The van der Waals surface area contributed by atoms with E-state index in [4.69, 9.17) is 0 Å². The van der Waals surface area contributed by atoms with Crippen molar-refractivity contribution in [2.24, 2.45) is 0 Å². The summed E-state index contributed by atoms with van der Waals surface area (Å²) in [7, 11) is 0. The zero-order chi connectivity index (χ0) is 12.5. The van der Waals surface area contributed by atoms with Gasteiger partial charge in [0.2, 0.25) is 0 Å². The Morgan fingerprint density at radius 2 is 1.78 bits per heavy atom. The standard InChI is InChI=1S/C14H11BrN2O/c15-12-6-3-7-16-13(12)14(18)17-8-10-4-1-2-5-11(10)9-17/h1-7H,8-9H2. The first-order valence-corrected chi connectivity index (χ1v) is 6.51. The van der Waals surface area contributed by atoms with Crippen molar-refractivity contribution in [2.75, 3.05) is 0 Å². The molecule has 1 amide bonds. The van der Waals surface area contributed by atoms with Crippen molar-refractivity contribution >= 4 is 21.8 Å². The SMILES string of the molecule is O=C(c1ncccc1Br)N1Cc2ccccc2C1. The van der Waals surface area contributed by atoms with Gasteiger partial charge in [0.15, 0.2) is 0 Å². The molecule has 2 aromatic rings. The Hall–Kier alpha value is -1.68. The van der Waals surface area contributed by atoms with Gasteiger partial charge in [-0.3, -0.25) is 4.79 Å². The molecule has 4 heteroatoms. The fraction of sp³-hybridized carbons (Fsp3) is 0.143. The topological polar surface area (TPSA) is 33.2 Å². The second-order valence-electron chi connectivity index (χ2n) is 4.26. The number of pyridine rings is 1. The van der Waals surface area contributed by atoms with Gasteiger partial charge in [-0.1, -0.05) is 24.3 Å². The second-order valence-corrected chi connectivity index (χ2v) is 5.12. The Morgan fingerprint density at radius 1 is 1.11 bits per heavy atom. The largest absolute Gasteiger partial charge is 0.329 e. The summed E-state index contributed by atoms with van der Waals surface area (Å²) in [5.74, 6) is -0.0290. The number of aromatic nitrogens is 1. The van der Waals surface area contributed by atoms with Gasteiger partial charge in [0.05, 0.1) is 0 Å². The van der Waals surface area contributed by atoms with Crippen LogP contribution in [0.2, 0.25) is 0 Å². The van der Waals surface area contributed by atoms with Crippen LogP contribution in [0.25, 0.3) is 0 Å². The number of rotatable bonds is 1. The van der Waals surface area contributed by atoms with Crippen molar-refractivity contribution in [3.05, 3.63) is 63.9 Å². The van der Waals surface area contributed by atoms with Crippen molar-refractivity contribution in [1.82, 2.24) is 9.88 Å². The zero-order valence-corrected chi connectivity index (χ0v) is 11.2. The van der Waals surface area contributed by atoms with E-state index in [1.165, 1.54) is 11.1 Å². The minimum absolute atomic E-state index is 0.0290. The summed E-state index contributed by atoms with van der Waals surface area (Å²) < 4.78 is 0.742. The number of carbonyl (C=O) groups is 1. The molecule has 90 valence electrons. The zero-order valence-electron chi connectivity index (χ0n) is 9.64. The minimum atomic E-state index is -0.0290. The average molecular weight is 303 g/mol. The Kier molecular flexibility index (Phi) is 2.88. The average Bonchev–Trinajstić information content (AvgIpc) is 2.82. The van der Waals surface area contributed by atoms with Gasteiger partial charge in [-0.15, -0.1) is 0 Å². The molecule has 1 aliphatic rings. The van der Waals surface area contributed by atoms with Crippen molar-refractivity contribution < 1.29 is 4.79 Å². The predicted molar refractivity (Wildman–Crippen MR) is 72.0 cm³/mol. The van der Waals surface area contributed by atoms with E-state index in [1.54, 1.807) is 12.3 Å². The fourth-order valence-electron chi connectivity index (χ4n) is 2.17. The fourth-order valence-corrected chi connectivity index (χ4v) is 2.59. The van der Waals surface area contributed by atoms with Gasteiger partial charge in [0.1, 0.15) is 5.69 Å². The summed E-state index contributed by atoms with van der Waals surface area (Å²) in [4.78, 5) is 18.3. The Bertz CT molecular complexity index is 587. The highest BCUT2D eigenvalue weighted by molar-refractivity contribution is 9.10. The van der Waals surface area contributed by atoms with E-state index in [0.29, 0.717) is 18.8 Å². The van der Waals surface area contributed by atoms with E-state index in [2.05, 4.69) is 33.0 Å². The maximum absolute atomic E-state index is 12.4. The molecule has 0 bridgehead atoms. The predicted octanol–water partition coefficient (Wildman–Crippen LogP) is 3.00. The minimum Gasteiger partial charge on any atom is -0.329 e. The third kappa shape index (κ3) is 1.93. The van der Waals surface area contributed by atoms with Crippen molar-refractivity contribution in [3.63, 3.8) is 0 Å². The molecule has 3 rings (SSSR count). The van der Waals surface area contributed by atoms with Crippen molar-refractivity contribution in [1.29, 1.82) is 0 Å². The highest BCUT2D eigenvalue weighted by Gasteiger charge is 2.25. The first kappa shape index (κ1) is 11.4. The number of nitrogens with zero attached hydrogens (tertiary/aromatic N) is 2. The highest BCUT2D eigenvalue weighted by Crippen LogP contribution is 2.25. The van der Waals surface area contributed by atoms with Crippen molar-refractivity contribution in [2.45, 2.75) is 13.1 Å². The van der Waals surface area contributed by atoms with Crippen LogP contribution in [0.5, 0.6) is 0 Å². The van der Waals surface area contributed by atoms with Gasteiger partial charge in [-0.05, 0) is 39.2 Å². The molecule has 0 spiro atoms. The quantitative estimate of drug-likeness (QED) is 0.811. The van der Waals surface area contributed by atoms with Gasteiger partial charge in [0.25, 0.3) is 5.91 Å². The molecule has 0 atom stereocenters. The van der Waals surface area contributed by atoms with Crippen LogP contribution in [-0.4, -0.2) is 15.8 Å². The van der Waals surface area contributed by atoms with Crippen molar-refractivity contribution in [3.8, 4) is 0 Å². The Morgan fingerprint density at radius 3 is 2.39 bits per heavy atom. The third-order valence-corrected chi connectivity index (χ3v) is 3.73. The normalized spacial score (nSPS) is 13.5. The number of carbonyl (C=O) groups excluding carboxylic acids is 1. The van der Waals surface area contributed by atoms with Crippen LogP contribution in [0.3, 0.4) is 0 Å². The summed E-state index contributed by atoms with van der Waals surface area (Å²) in [6, 6.07) is 11.8. The van der Waals surface area contributed by atoms with E-state index in [9.17, 15) is 4.79 Å². The Labute approximate surface area is 114 Å². The summed E-state index contributed by atoms with van der Waals surface area (Å²) in [6.07, 6.45) is 1.64. The van der Waals surface area contributed by atoms with Crippen LogP contribution in [0.1, 0.15) is 21.6 Å². The first-order valence-electron chi connectivity index (χ1n) is 5.72. The molecule has 1 aromatic heterocycles.